The molecule has 1 saturated heterocycles. The molecule has 6 atom stereocenters. The number of rotatable bonds is 7. The van der Waals surface area contributed by atoms with E-state index in [-0.39, 0.29) is 5.41 Å². The maximum Gasteiger partial charge on any atom is 0.119 e. The molecule has 1 N–H and O–H groups in total. The Kier molecular flexibility index (Phi) is 6.98. The molecule has 4 aliphatic carbocycles. The molecule has 0 radical (unpaired) electrons. The Bertz CT molecular complexity index is 1260. The zero-order valence-corrected chi connectivity index (χ0v) is 24.1. The Hall–Kier alpha value is -2.32. The summed E-state index contributed by atoms with van der Waals surface area (Å²) < 4.78 is 11.7. The topological polar surface area (TPSA) is 41.9 Å². The predicted octanol–water partition coefficient (Wildman–Crippen LogP) is 6.28. The number of ether oxygens (including phenoxy) is 2. The van der Waals surface area contributed by atoms with E-state index in [9.17, 15) is 5.11 Å². The number of terminal acetylenes is 1. The summed E-state index contributed by atoms with van der Waals surface area (Å²) >= 11 is 0. The van der Waals surface area contributed by atoms with Gasteiger partial charge in [0.2, 0.25) is 0 Å². The molecule has 3 saturated carbocycles. The highest BCUT2D eigenvalue weighted by Crippen LogP contribution is 2.68. The summed E-state index contributed by atoms with van der Waals surface area (Å²) in [6.45, 7) is 7.68. The van der Waals surface area contributed by atoms with Gasteiger partial charge in [-0.1, -0.05) is 37.3 Å². The summed E-state index contributed by atoms with van der Waals surface area (Å²) in [5, 5.41) is 12.0. The number of benzene rings is 2. The normalized spacial score (nSPS) is 35.3. The van der Waals surface area contributed by atoms with Crippen LogP contribution in [0.5, 0.6) is 5.75 Å². The fourth-order valence-corrected chi connectivity index (χ4v) is 9.20. The molecule has 1 heterocycles. The van der Waals surface area contributed by atoms with Gasteiger partial charge in [0.15, 0.2) is 0 Å². The molecular formula is C36H45NO3. The van der Waals surface area contributed by atoms with Crippen molar-refractivity contribution < 1.29 is 14.6 Å². The molecule has 2 aromatic rings. The van der Waals surface area contributed by atoms with Crippen LogP contribution in [0.15, 0.2) is 42.5 Å². The second kappa shape index (κ2) is 10.5. The first-order valence-electron chi connectivity index (χ1n) is 15.8. The molecule has 4 fully saturated rings. The van der Waals surface area contributed by atoms with Gasteiger partial charge in [-0.2, -0.15) is 0 Å². The Labute approximate surface area is 240 Å². The van der Waals surface area contributed by atoms with Gasteiger partial charge in [0, 0.05) is 31.5 Å². The van der Waals surface area contributed by atoms with Crippen LogP contribution in [0.3, 0.4) is 0 Å². The van der Waals surface area contributed by atoms with Gasteiger partial charge < -0.3 is 14.6 Å². The van der Waals surface area contributed by atoms with E-state index >= 15 is 0 Å². The molecule has 7 rings (SSSR count). The average Bonchev–Trinajstić information content (AvgIpc) is 3.79. The van der Waals surface area contributed by atoms with Gasteiger partial charge in [0.05, 0.1) is 18.8 Å². The highest BCUT2D eigenvalue weighted by molar-refractivity contribution is 5.44. The lowest BCUT2D eigenvalue weighted by Gasteiger charge is -2.56. The summed E-state index contributed by atoms with van der Waals surface area (Å²) in [7, 11) is 0. The van der Waals surface area contributed by atoms with Gasteiger partial charge in [-0.05, 0) is 109 Å². The Balaban J connectivity index is 1.18. The molecule has 1 aliphatic heterocycles. The lowest BCUT2D eigenvalue weighted by molar-refractivity contribution is -0.105. The first kappa shape index (κ1) is 26.6. The quantitative estimate of drug-likeness (QED) is 0.421. The van der Waals surface area contributed by atoms with Crippen LogP contribution in [0.2, 0.25) is 0 Å². The predicted molar refractivity (Wildman–Crippen MR) is 159 cm³/mol. The number of aliphatic hydroxyl groups is 1. The minimum absolute atomic E-state index is 0.152. The van der Waals surface area contributed by atoms with Crippen molar-refractivity contribution in [1.29, 1.82) is 0 Å². The zero-order chi connectivity index (χ0) is 27.3. The van der Waals surface area contributed by atoms with E-state index in [1.807, 2.05) is 0 Å². The minimum atomic E-state index is -0.762. The third-order valence-electron chi connectivity index (χ3n) is 11.6. The van der Waals surface area contributed by atoms with Crippen LogP contribution in [-0.2, 0) is 11.2 Å². The fourth-order valence-electron chi connectivity index (χ4n) is 9.20. The molecule has 0 spiro atoms. The van der Waals surface area contributed by atoms with Crippen LogP contribution < -0.4 is 4.74 Å². The van der Waals surface area contributed by atoms with E-state index in [0.29, 0.717) is 30.1 Å². The monoisotopic (exact) mass is 539 g/mol. The van der Waals surface area contributed by atoms with E-state index in [1.54, 1.807) is 0 Å². The van der Waals surface area contributed by atoms with Crippen LogP contribution in [0.25, 0.3) is 0 Å². The highest BCUT2D eigenvalue weighted by atomic mass is 16.5. The van der Waals surface area contributed by atoms with Gasteiger partial charge in [-0.25, -0.2) is 0 Å². The minimum Gasteiger partial charge on any atom is -0.492 e. The van der Waals surface area contributed by atoms with Gasteiger partial charge in [-0.15, -0.1) is 12.3 Å². The van der Waals surface area contributed by atoms with E-state index in [4.69, 9.17) is 15.9 Å². The largest absolute Gasteiger partial charge is 0.492 e. The Morgan fingerprint density at radius 3 is 2.58 bits per heavy atom. The van der Waals surface area contributed by atoms with Crippen LogP contribution in [-0.4, -0.2) is 55.1 Å². The molecule has 4 nitrogen and oxygen atoms in total. The zero-order valence-electron chi connectivity index (χ0n) is 24.1. The second-order valence-corrected chi connectivity index (χ2v) is 13.6. The maximum atomic E-state index is 12.0. The van der Waals surface area contributed by atoms with Crippen molar-refractivity contribution in [2.75, 3.05) is 39.5 Å². The Morgan fingerprint density at radius 1 is 1.05 bits per heavy atom. The third kappa shape index (κ3) is 4.59. The molecule has 0 amide bonds. The number of fused-ring (bicyclic) bond motifs is 5. The first-order chi connectivity index (χ1) is 19.5. The van der Waals surface area contributed by atoms with E-state index in [2.05, 4.69) is 60.2 Å². The van der Waals surface area contributed by atoms with Crippen LogP contribution in [0.4, 0.5) is 0 Å². The highest BCUT2D eigenvalue weighted by Gasteiger charge is 2.63. The summed E-state index contributed by atoms with van der Waals surface area (Å²) in [6, 6.07) is 16.5. The molecule has 40 heavy (non-hydrogen) atoms. The van der Waals surface area contributed by atoms with Crippen molar-refractivity contribution in [1.82, 2.24) is 4.90 Å². The van der Waals surface area contributed by atoms with Crippen LogP contribution in [0, 0.1) is 29.6 Å². The first-order valence-corrected chi connectivity index (χ1v) is 15.8. The van der Waals surface area contributed by atoms with Crippen LogP contribution >= 0.6 is 0 Å². The number of aryl methyl sites for hydroxylation is 1. The van der Waals surface area contributed by atoms with Gasteiger partial charge in [0.1, 0.15) is 12.4 Å². The van der Waals surface area contributed by atoms with Crippen molar-refractivity contribution in [3.8, 4) is 18.1 Å². The summed E-state index contributed by atoms with van der Waals surface area (Å²) in [5.41, 5.74) is 5.00. The third-order valence-corrected chi connectivity index (χ3v) is 11.6. The van der Waals surface area contributed by atoms with Crippen LogP contribution in [0.1, 0.15) is 91.9 Å². The molecule has 2 aromatic carbocycles. The molecule has 4 heteroatoms. The summed E-state index contributed by atoms with van der Waals surface area (Å²) in [6.07, 6.45) is 14.1. The molecule has 1 unspecified atom stereocenters. The fraction of sp³-hybridized carbons (Fsp3) is 0.611. The van der Waals surface area contributed by atoms with Crippen molar-refractivity contribution in [3.05, 3.63) is 64.7 Å². The van der Waals surface area contributed by atoms with Gasteiger partial charge >= 0.3 is 0 Å². The lowest BCUT2D eigenvalue weighted by Crippen LogP contribution is -2.52. The molecular weight excluding hydrogens is 494 g/mol. The molecule has 5 aliphatic rings. The van der Waals surface area contributed by atoms with E-state index in [0.717, 1.165) is 76.8 Å². The lowest BCUT2D eigenvalue weighted by atomic mass is 9.49. The van der Waals surface area contributed by atoms with Gasteiger partial charge in [0.25, 0.3) is 0 Å². The summed E-state index contributed by atoms with van der Waals surface area (Å²) in [5.74, 6) is 6.55. The summed E-state index contributed by atoms with van der Waals surface area (Å²) in [4.78, 5) is 2.42. The van der Waals surface area contributed by atoms with Gasteiger partial charge in [-0.3, -0.25) is 4.90 Å². The smallest absolute Gasteiger partial charge is 0.119 e. The SMILES string of the molecule is C#CC[C@]1(O)CC[C@H]2[C@@H]3CCc4cc(OCCN5CCOCC5)ccc4C3[C@@H](c3ccc(C4CC4)cc3)C[C@@]21C. The van der Waals surface area contributed by atoms with Crippen molar-refractivity contribution >= 4 is 0 Å². The maximum absolute atomic E-state index is 12.0. The number of hydrogen-bond donors (Lipinski definition) is 1. The Morgan fingerprint density at radius 2 is 1.82 bits per heavy atom. The average molecular weight is 540 g/mol. The van der Waals surface area contributed by atoms with Crippen molar-refractivity contribution in [2.24, 2.45) is 17.3 Å². The van der Waals surface area contributed by atoms with Crippen molar-refractivity contribution in [2.45, 2.75) is 81.6 Å². The molecule has 212 valence electrons. The number of hydrogen-bond acceptors (Lipinski definition) is 4. The van der Waals surface area contributed by atoms with E-state index in [1.165, 1.54) is 41.5 Å². The second-order valence-electron chi connectivity index (χ2n) is 13.6. The molecule has 0 aromatic heterocycles. The standard InChI is InChI=1S/C36H45NO3/c1-3-15-36(38)16-14-33-31-12-10-28-23-29(40-22-19-37-17-20-39-21-18-37)11-13-30(28)34(31)32(24-35(33,36)2)27-8-6-26(7-9-27)25-4-5-25/h1,6-9,11,13,23,25,31-34,38H,4-5,10,12,14-22,24H2,2H3/t31-,32+,33-,34?,35-,36-/m0/s1. The van der Waals surface area contributed by atoms with E-state index < -0.39 is 5.60 Å². The number of nitrogens with zero attached hydrogens (tertiary/aromatic N) is 1. The van der Waals surface area contributed by atoms with Crippen molar-refractivity contribution in [3.63, 3.8) is 0 Å². The number of morpholine rings is 1. The molecule has 0 bridgehead atoms.